The quantitative estimate of drug-likeness (QED) is 0.462. The molecule has 164 valence electrons. The van der Waals surface area contributed by atoms with Crippen molar-refractivity contribution in [2.24, 2.45) is 16.1 Å². The molecular formula is C25H25IN4O2. The van der Waals surface area contributed by atoms with E-state index in [2.05, 4.69) is 35.0 Å². The van der Waals surface area contributed by atoms with E-state index in [1.165, 1.54) is 10.5 Å². The van der Waals surface area contributed by atoms with Gasteiger partial charge in [-0.25, -0.2) is 4.99 Å². The second-order valence-electron chi connectivity index (χ2n) is 9.00. The molecule has 7 heteroatoms. The third-order valence-corrected chi connectivity index (χ3v) is 8.11. The van der Waals surface area contributed by atoms with E-state index in [9.17, 15) is 4.79 Å². The van der Waals surface area contributed by atoms with Crippen molar-refractivity contribution in [3.63, 3.8) is 0 Å². The van der Waals surface area contributed by atoms with Crippen molar-refractivity contribution in [1.82, 2.24) is 9.88 Å². The van der Waals surface area contributed by atoms with Gasteiger partial charge in [0, 0.05) is 36.0 Å². The summed E-state index contributed by atoms with van der Waals surface area (Å²) in [5.74, 6) is 6.26. The van der Waals surface area contributed by atoms with Gasteiger partial charge >= 0.3 is 0 Å². The van der Waals surface area contributed by atoms with Crippen LogP contribution in [0.25, 0.3) is 11.1 Å². The lowest BCUT2D eigenvalue weighted by atomic mass is 9.61. The van der Waals surface area contributed by atoms with Gasteiger partial charge in [0.1, 0.15) is 23.0 Å². The largest absolute Gasteiger partial charge is 0.369 e. The number of nitrogens with zero attached hydrogens (tertiary/aromatic N) is 3. The minimum atomic E-state index is -0.971. The number of benzene rings is 1. The zero-order chi connectivity index (χ0) is 22.5. The lowest BCUT2D eigenvalue weighted by molar-refractivity contribution is -0.136. The smallest absolute Gasteiger partial charge is 0.262 e. The number of carbonyl (C=O) groups is 1. The number of hydrogen-bond acceptors (Lipinski definition) is 5. The maximum Gasteiger partial charge on any atom is 0.262 e. The van der Waals surface area contributed by atoms with Crippen molar-refractivity contribution in [3.05, 3.63) is 53.3 Å². The molecule has 32 heavy (non-hydrogen) atoms. The van der Waals surface area contributed by atoms with Crippen molar-refractivity contribution < 1.29 is 7.86 Å². The lowest BCUT2D eigenvalue weighted by Gasteiger charge is -2.44. The van der Waals surface area contributed by atoms with E-state index in [4.69, 9.17) is 13.8 Å². The molecule has 1 unspecified atom stereocenters. The van der Waals surface area contributed by atoms with E-state index in [1.54, 1.807) is 13.2 Å². The molecule has 0 bridgehead atoms. The van der Waals surface area contributed by atoms with Gasteiger partial charge in [0.25, 0.3) is 5.91 Å². The van der Waals surface area contributed by atoms with Crippen LogP contribution < -0.4 is 5.73 Å². The fourth-order valence-electron chi connectivity index (χ4n) is 5.77. The molecule has 2 aliphatic carbocycles. The summed E-state index contributed by atoms with van der Waals surface area (Å²) in [7, 11) is 1.72. The van der Waals surface area contributed by atoms with E-state index in [0.29, 0.717) is 5.96 Å². The van der Waals surface area contributed by atoms with Gasteiger partial charge in [0.05, 0.1) is 6.10 Å². The number of amides is 1. The van der Waals surface area contributed by atoms with Crippen LogP contribution in [0.15, 0.2) is 41.7 Å². The van der Waals surface area contributed by atoms with Gasteiger partial charge in [0.15, 0.2) is 11.5 Å². The van der Waals surface area contributed by atoms with Gasteiger partial charge in [-0.1, -0.05) is 18.1 Å². The van der Waals surface area contributed by atoms with Gasteiger partial charge < -0.3 is 8.80 Å². The highest BCUT2D eigenvalue weighted by molar-refractivity contribution is 14.1. The summed E-state index contributed by atoms with van der Waals surface area (Å²) < 4.78 is 5.60. The van der Waals surface area contributed by atoms with Gasteiger partial charge in [-0.3, -0.25) is 14.7 Å². The van der Waals surface area contributed by atoms with Gasteiger partial charge in [-0.2, -0.15) is 0 Å². The molecule has 5 rings (SSSR count). The SMILES string of the molecule is CC#Cc1cncc(-c2ccc3c(c2)C2(N=C(N)N(C)C2=O)C2(CCC(OI)CC2)C3)c1. The highest BCUT2D eigenvalue weighted by Gasteiger charge is 2.66. The average Bonchev–Trinajstić information content (AvgIpc) is 3.21. The molecule has 3 aliphatic rings. The van der Waals surface area contributed by atoms with E-state index < -0.39 is 5.54 Å². The number of rotatable bonds is 2. The summed E-state index contributed by atoms with van der Waals surface area (Å²) in [6.07, 6.45) is 8.24. The topological polar surface area (TPSA) is 80.8 Å². The second kappa shape index (κ2) is 7.85. The monoisotopic (exact) mass is 540 g/mol. The first-order valence-corrected chi connectivity index (χ1v) is 11.7. The van der Waals surface area contributed by atoms with Crippen molar-refractivity contribution in [1.29, 1.82) is 0 Å². The van der Waals surface area contributed by atoms with Gasteiger partial charge in [0.2, 0.25) is 0 Å². The number of halogens is 1. The number of hydrogen-bond donors (Lipinski definition) is 1. The average molecular weight is 540 g/mol. The lowest BCUT2D eigenvalue weighted by Crippen LogP contribution is -2.51. The van der Waals surface area contributed by atoms with Crippen molar-refractivity contribution >= 4 is 34.9 Å². The van der Waals surface area contributed by atoms with Gasteiger partial charge in [-0.05, 0) is 67.9 Å². The van der Waals surface area contributed by atoms with Crippen LogP contribution in [0.4, 0.5) is 0 Å². The van der Waals surface area contributed by atoms with Crippen LogP contribution in [-0.4, -0.2) is 34.9 Å². The van der Waals surface area contributed by atoms with E-state index in [1.807, 2.05) is 42.2 Å². The molecule has 2 aromatic rings. The van der Waals surface area contributed by atoms with Crippen molar-refractivity contribution in [3.8, 4) is 23.0 Å². The summed E-state index contributed by atoms with van der Waals surface area (Å²) >= 11 is 1.99. The van der Waals surface area contributed by atoms with Crippen LogP contribution in [0.1, 0.15) is 49.3 Å². The van der Waals surface area contributed by atoms with E-state index >= 15 is 0 Å². The zero-order valence-electron chi connectivity index (χ0n) is 18.2. The number of guanidine groups is 1. The normalized spacial score (nSPS) is 28.6. The first kappa shape index (κ1) is 21.4. The number of aromatic nitrogens is 1. The summed E-state index contributed by atoms with van der Waals surface area (Å²) in [4.78, 5) is 24.6. The van der Waals surface area contributed by atoms with Crippen LogP contribution in [0, 0.1) is 17.3 Å². The molecule has 1 saturated carbocycles. The molecule has 0 saturated heterocycles. The summed E-state index contributed by atoms with van der Waals surface area (Å²) in [5.41, 5.74) is 9.99. The van der Waals surface area contributed by atoms with E-state index in [-0.39, 0.29) is 17.4 Å². The molecule has 1 fully saturated rings. The molecule has 2 heterocycles. The second-order valence-corrected chi connectivity index (χ2v) is 9.51. The minimum Gasteiger partial charge on any atom is -0.369 e. The maximum absolute atomic E-state index is 13.8. The fraction of sp³-hybridized carbons (Fsp3) is 0.400. The van der Waals surface area contributed by atoms with Crippen LogP contribution in [0.3, 0.4) is 0 Å². The zero-order valence-corrected chi connectivity index (χ0v) is 20.3. The highest BCUT2D eigenvalue weighted by Crippen LogP contribution is 2.62. The Morgan fingerprint density at radius 3 is 2.66 bits per heavy atom. The number of fused-ring (bicyclic) bond motifs is 3. The van der Waals surface area contributed by atoms with Gasteiger partial charge in [-0.15, -0.1) is 5.92 Å². The van der Waals surface area contributed by atoms with Crippen LogP contribution in [0.5, 0.6) is 0 Å². The molecule has 0 radical (unpaired) electrons. The molecule has 6 nitrogen and oxygen atoms in total. The molecule has 1 aromatic heterocycles. The predicted octanol–water partition coefficient (Wildman–Crippen LogP) is 3.95. The Labute approximate surface area is 202 Å². The van der Waals surface area contributed by atoms with Crippen LogP contribution in [-0.2, 0) is 19.8 Å². The minimum absolute atomic E-state index is 0.0246. The van der Waals surface area contributed by atoms with Crippen LogP contribution >= 0.6 is 23.0 Å². The summed E-state index contributed by atoms with van der Waals surface area (Å²) in [6.45, 7) is 1.81. The molecule has 2 N–H and O–H groups in total. The molecule has 1 aliphatic heterocycles. The molecule has 1 atom stereocenters. The third kappa shape index (κ3) is 3.00. The number of likely N-dealkylation sites (N-methyl/N-ethyl adjacent to an activating group) is 1. The highest BCUT2D eigenvalue weighted by atomic mass is 127. The Balaban J connectivity index is 1.66. The van der Waals surface area contributed by atoms with Crippen molar-refractivity contribution in [2.45, 2.75) is 50.7 Å². The first-order chi connectivity index (χ1) is 15.4. The van der Waals surface area contributed by atoms with Crippen LogP contribution in [0.2, 0.25) is 0 Å². The van der Waals surface area contributed by atoms with Crippen molar-refractivity contribution in [2.75, 3.05) is 7.05 Å². The fourth-order valence-corrected chi connectivity index (χ4v) is 6.28. The Kier molecular flexibility index (Phi) is 5.25. The first-order valence-electron chi connectivity index (χ1n) is 10.9. The standard InChI is InChI=1S/C25H25IN4O2/c1-3-4-16-11-19(15-28-14-16)17-5-6-18-13-24(9-7-20(32-26)8-10-24)25(21(18)12-17)22(31)30(2)23(27)29-25/h5-6,11-12,14-15,20H,7-10,13H2,1-2H3,(H2,27,29). The Morgan fingerprint density at radius 1 is 1.22 bits per heavy atom. The molecule has 2 spiro atoms. The Hall–Kier alpha value is -2.44. The van der Waals surface area contributed by atoms with E-state index in [0.717, 1.165) is 54.4 Å². The Bertz CT molecular complexity index is 1190. The number of carbonyl (C=O) groups excluding carboxylic acids is 1. The number of aliphatic imine (C=N–C) groups is 1. The molecular weight excluding hydrogens is 515 g/mol. The predicted molar refractivity (Wildman–Crippen MR) is 132 cm³/mol. The number of pyridine rings is 1. The summed E-state index contributed by atoms with van der Waals surface area (Å²) in [6, 6.07) is 8.42. The Morgan fingerprint density at radius 2 is 2.00 bits per heavy atom. The summed E-state index contributed by atoms with van der Waals surface area (Å²) in [5, 5.41) is 0. The third-order valence-electron chi connectivity index (χ3n) is 7.39. The molecule has 1 amide bonds. The molecule has 1 aromatic carbocycles. The maximum atomic E-state index is 13.8. The number of nitrogens with two attached hydrogens (primary N) is 1.